The maximum Gasteiger partial charge on any atom is 0.410 e. The number of carbonyl (C=O) groups excluding carboxylic acids is 2. The molecule has 1 atom stereocenters. The third-order valence-corrected chi connectivity index (χ3v) is 4.96. The number of amides is 2. The van der Waals surface area contributed by atoms with Gasteiger partial charge in [-0.15, -0.1) is 0 Å². The Balaban J connectivity index is 2.12. The van der Waals surface area contributed by atoms with Gasteiger partial charge in [-0.1, -0.05) is 15.9 Å². The Morgan fingerprint density at radius 2 is 1.92 bits per heavy atom. The first-order chi connectivity index (χ1) is 11.5. The Morgan fingerprint density at radius 1 is 1.28 bits per heavy atom. The Morgan fingerprint density at radius 3 is 2.48 bits per heavy atom. The second-order valence-corrected chi connectivity index (χ2v) is 8.16. The summed E-state index contributed by atoms with van der Waals surface area (Å²) in [6, 6.07) is 2.66. The zero-order valence-corrected chi connectivity index (χ0v) is 16.8. The van der Waals surface area contributed by atoms with Crippen molar-refractivity contribution in [3.05, 3.63) is 33.5 Å². The summed E-state index contributed by atoms with van der Waals surface area (Å²) in [7, 11) is 0. The molecule has 0 aliphatic carbocycles. The quantitative estimate of drug-likeness (QED) is 0.698. The average Bonchev–Trinajstić information content (AvgIpc) is 2.49. The lowest BCUT2D eigenvalue weighted by Gasteiger charge is -2.40. The smallest absolute Gasteiger partial charge is 0.410 e. The summed E-state index contributed by atoms with van der Waals surface area (Å²) in [6.45, 7) is 10.0. The normalized spacial score (nSPS) is 18.3. The van der Waals surface area contributed by atoms with Crippen LogP contribution in [0.3, 0.4) is 0 Å². The highest BCUT2D eigenvalue weighted by molar-refractivity contribution is 9.10. The lowest BCUT2D eigenvalue weighted by atomic mass is 10.1. The van der Waals surface area contributed by atoms with Crippen molar-refractivity contribution >= 4 is 27.9 Å². The number of hydrogen-bond donors (Lipinski definition) is 0. The van der Waals surface area contributed by atoms with Crippen LogP contribution in [-0.4, -0.2) is 53.1 Å². The molecular weight excluding hydrogens is 391 g/mol. The molecule has 1 unspecified atom stereocenters. The molecule has 7 heteroatoms. The van der Waals surface area contributed by atoms with Crippen LogP contribution in [0.15, 0.2) is 16.6 Å². The summed E-state index contributed by atoms with van der Waals surface area (Å²) in [5.74, 6) is -0.889. The minimum Gasteiger partial charge on any atom is -0.444 e. The van der Waals surface area contributed by atoms with Crippen LogP contribution in [0.5, 0.6) is 0 Å². The van der Waals surface area contributed by atoms with Crippen LogP contribution in [0.1, 0.15) is 43.6 Å². The van der Waals surface area contributed by atoms with Gasteiger partial charge in [0.2, 0.25) is 0 Å². The van der Waals surface area contributed by atoms with Gasteiger partial charge in [-0.3, -0.25) is 4.79 Å². The van der Waals surface area contributed by atoms with Crippen molar-refractivity contribution in [1.29, 1.82) is 0 Å². The first kappa shape index (κ1) is 19.7. The van der Waals surface area contributed by atoms with Crippen LogP contribution in [-0.2, 0) is 4.74 Å². The van der Waals surface area contributed by atoms with Crippen LogP contribution < -0.4 is 0 Å². The number of rotatable bonds is 1. The fourth-order valence-electron chi connectivity index (χ4n) is 2.81. The molecule has 1 aliphatic heterocycles. The monoisotopic (exact) mass is 414 g/mol. The van der Waals surface area contributed by atoms with E-state index in [4.69, 9.17) is 4.74 Å². The van der Waals surface area contributed by atoms with Gasteiger partial charge in [0.05, 0.1) is 5.56 Å². The molecule has 1 aromatic rings. The standard InChI is InChI=1S/C18H24BrFN2O3/c1-11-10-21(8-9-22(11)17(24)25-18(3,4)5)16(23)15-12(2)13(19)6-7-14(15)20/h6-7,11H,8-10H2,1-5H3. The van der Waals surface area contributed by atoms with Crippen molar-refractivity contribution in [3.63, 3.8) is 0 Å². The van der Waals surface area contributed by atoms with Crippen LogP contribution in [0, 0.1) is 12.7 Å². The highest BCUT2D eigenvalue weighted by Gasteiger charge is 2.34. The maximum atomic E-state index is 14.2. The zero-order valence-electron chi connectivity index (χ0n) is 15.2. The summed E-state index contributed by atoms with van der Waals surface area (Å²) < 4.78 is 20.3. The van der Waals surface area contributed by atoms with Crippen molar-refractivity contribution < 1.29 is 18.7 Å². The van der Waals surface area contributed by atoms with E-state index in [0.717, 1.165) is 0 Å². The highest BCUT2D eigenvalue weighted by atomic mass is 79.9. The molecule has 1 aliphatic rings. The molecule has 0 aromatic heterocycles. The summed E-state index contributed by atoms with van der Waals surface area (Å²) >= 11 is 3.33. The van der Waals surface area contributed by atoms with E-state index in [1.54, 1.807) is 22.8 Å². The minimum absolute atomic E-state index is 0.0762. The number of halogens is 2. The molecule has 2 amide bonds. The first-order valence-corrected chi connectivity index (χ1v) is 9.04. The molecule has 1 fully saturated rings. The van der Waals surface area contributed by atoms with Crippen molar-refractivity contribution in [2.45, 2.75) is 46.3 Å². The molecule has 1 heterocycles. The van der Waals surface area contributed by atoms with Crippen molar-refractivity contribution in [2.24, 2.45) is 0 Å². The van der Waals surface area contributed by atoms with E-state index < -0.39 is 17.5 Å². The second kappa shape index (κ2) is 7.32. The van der Waals surface area contributed by atoms with Gasteiger partial charge in [-0.2, -0.15) is 0 Å². The second-order valence-electron chi connectivity index (χ2n) is 7.30. The zero-order chi connectivity index (χ0) is 18.9. The van der Waals surface area contributed by atoms with E-state index in [0.29, 0.717) is 29.7 Å². The SMILES string of the molecule is Cc1c(Br)ccc(F)c1C(=O)N1CCN(C(=O)OC(C)(C)C)C(C)C1. The Kier molecular flexibility index (Phi) is 5.76. The van der Waals surface area contributed by atoms with E-state index in [9.17, 15) is 14.0 Å². The summed E-state index contributed by atoms with van der Waals surface area (Å²) in [6.07, 6.45) is -0.392. The van der Waals surface area contributed by atoms with Crippen LogP contribution in [0.4, 0.5) is 9.18 Å². The molecule has 5 nitrogen and oxygen atoms in total. The Hall–Kier alpha value is -1.63. The number of piperazine rings is 1. The molecule has 0 saturated carbocycles. The van der Waals surface area contributed by atoms with E-state index >= 15 is 0 Å². The summed E-state index contributed by atoms with van der Waals surface area (Å²) in [4.78, 5) is 28.2. The Bertz CT molecular complexity index is 688. The van der Waals surface area contributed by atoms with Crippen LogP contribution >= 0.6 is 15.9 Å². The maximum absolute atomic E-state index is 14.2. The summed E-state index contributed by atoms with van der Waals surface area (Å²) in [5.41, 5.74) is 0.0832. The lowest BCUT2D eigenvalue weighted by molar-refractivity contribution is 0.00189. The molecule has 0 radical (unpaired) electrons. The molecule has 1 saturated heterocycles. The number of hydrogen-bond acceptors (Lipinski definition) is 3. The molecule has 0 N–H and O–H groups in total. The van der Waals surface area contributed by atoms with Gasteiger partial charge < -0.3 is 14.5 Å². The van der Waals surface area contributed by atoms with Gasteiger partial charge >= 0.3 is 6.09 Å². The third-order valence-electron chi connectivity index (χ3n) is 4.10. The third kappa shape index (κ3) is 4.51. The predicted octanol–water partition coefficient (Wildman–Crippen LogP) is 3.98. The largest absolute Gasteiger partial charge is 0.444 e. The molecule has 0 bridgehead atoms. The van der Waals surface area contributed by atoms with Crippen molar-refractivity contribution in [2.75, 3.05) is 19.6 Å². The Labute approximate surface area is 156 Å². The molecule has 0 spiro atoms. The molecule has 138 valence electrons. The van der Waals surface area contributed by atoms with E-state index in [-0.39, 0.29) is 17.5 Å². The van der Waals surface area contributed by atoms with Crippen LogP contribution in [0.25, 0.3) is 0 Å². The van der Waals surface area contributed by atoms with Crippen molar-refractivity contribution in [1.82, 2.24) is 9.80 Å². The molecule has 25 heavy (non-hydrogen) atoms. The highest BCUT2D eigenvalue weighted by Crippen LogP contribution is 2.25. The predicted molar refractivity (Wildman–Crippen MR) is 97.1 cm³/mol. The van der Waals surface area contributed by atoms with Gasteiger partial charge in [0.25, 0.3) is 5.91 Å². The number of nitrogens with zero attached hydrogens (tertiary/aromatic N) is 2. The average molecular weight is 415 g/mol. The van der Waals surface area contributed by atoms with Gasteiger partial charge in [0.15, 0.2) is 0 Å². The van der Waals surface area contributed by atoms with Gasteiger partial charge in [0, 0.05) is 30.1 Å². The number of ether oxygens (including phenoxy) is 1. The molecular formula is C18H24BrFN2O3. The van der Waals surface area contributed by atoms with E-state index in [2.05, 4.69) is 15.9 Å². The van der Waals surface area contributed by atoms with Gasteiger partial charge in [-0.25, -0.2) is 9.18 Å². The van der Waals surface area contributed by atoms with E-state index in [1.165, 1.54) is 6.07 Å². The van der Waals surface area contributed by atoms with E-state index in [1.807, 2.05) is 27.7 Å². The molecule has 1 aromatic carbocycles. The van der Waals surface area contributed by atoms with Crippen molar-refractivity contribution in [3.8, 4) is 0 Å². The molecule has 2 rings (SSSR count). The number of carbonyl (C=O) groups is 2. The van der Waals surface area contributed by atoms with Crippen LogP contribution in [0.2, 0.25) is 0 Å². The fraction of sp³-hybridized carbons (Fsp3) is 0.556. The van der Waals surface area contributed by atoms with Gasteiger partial charge in [-0.05, 0) is 52.3 Å². The summed E-state index contributed by atoms with van der Waals surface area (Å²) in [5, 5.41) is 0. The minimum atomic E-state index is -0.569. The first-order valence-electron chi connectivity index (χ1n) is 8.24. The fourth-order valence-corrected chi connectivity index (χ4v) is 3.14. The van der Waals surface area contributed by atoms with Gasteiger partial charge in [0.1, 0.15) is 11.4 Å². The number of benzene rings is 1. The lowest BCUT2D eigenvalue weighted by Crippen LogP contribution is -2.56. The topological polar surface area (TPSA) is 49.9 Å².